The number of carbonyl (C=O) groups is 1. The molecule has 4 heteroatoms. The van der Waals surface area contributed by atoms with Crippen molar-refractivity contribution in [2.45, 2.75) is 18.9 Å². The predicted octanol–water partition coefficient (Wildman–Crippen LogP) is 1.54. The Morgan fingerprint density at radius 2 is 1.72 bits per heavy atom. The number of carbonyl (C=O) groups excluding carboxylic acids is 1. The van der Waals surface area contributed by atoms with Gasteiger partial charge in [0.1, 0.15) is 6.54 Å². The molecule has 1 aromatic carbocycles. The highest BCUT2D eigenvalue weighted by molar-refractivity contribution is 6.02. The molecule has 0 heterocycles. The summed E-state index contributed by atoms with van der Waals surface area (Å²) < 4.78 is 0.558. The molecule has 0 aliphatic carbocycles. The molecule has 102 valence electrons. The molecule has 0 amide bonds. The van der Waals surface area contributed by atoms with Gasteiger partial charge in [-0.2, -0.15) is 0 Å². The second-order valence-electron chi connectivity index (χ2n) is 5.53. The van der Waals surface area contributed by atoms with Gasteiger partial charge in [0.2, 0.25) is 0 Å². The van der Waals surface area contributed by atoms with E-state index in [0.717, 1.165) is 0 Å². The molecule has 1 aromatic rings. The van der Waals surface area contributed by atoms with Crippen LogP contribution in [0, 0.1) is 0 Å². The van der Waals surface area contributed by atoms with E-state index in [1.807, 2.05) is 46.3 Å². The first-order valence-electron chi connectivity index (χ1n) is 5.91. The minimum atomic E-state index is -1.28. The van der Waals surface area contributed by atoms with Crippen LogP contribution in [0.5, 0.6) is 0 Å². The molecule has 0 aliphatic rings. The Hall–Kier alpha value is -1.23. The van der Waals surface area contributed by atoms with E-state index >= 15 is 0 Å². The lowest BCUT2D eigenvalue weighted by Gasteiger charge is -2.34. The summed E-state index contributed by atoms with van der Waals surface area (Å²) in [6.45, 7) is 2.26. The van der Waals surface area contributed by atoms with Gasteiger partial charge >= 0.3 is 0 Å². The minimum Gasteiger partial charge on any atom is -0.870 e. The summed E-state index contributed by atoms with van der Waals surface area (Å²) in [6, 6.07) is 8.99. The van der Waals surface area contributed by atoms with Crippen LogP contribution >= 0.6 is 0 Å². The van der Waals surface area contributed by atoms with Crippen molar-refractivity contribution >= 4 is 5.78 Å². The van der Waals surface area contributed by atoms with E-state index in [-0.39, 0.29) is 11.3 Å². The fourth-order valence-corrected chi connectivity index (χ4v) is 1.99. The van der Waals surface area contributed by atoms with Crippen molar-refractivity contribution in [1.29, 1.82) is 0 Å². The van der Waals surface area contributed by atoms with Gasteiger partial charge in [0.15, 0.2) is 11.4 Å². The highest BCUT2D eigenvalue weighted by atomic mass is 16.3. The number of benzene rings is 1. The van der Waals surface area contributed by atoms with Crippen molar-refractivity contribution in [3.63, 3.8) is 0 Å². The molecule has 0 radical (unpaired) electrons. The highest BCUT2D eigenvalue weighted by Crippen LogP contribution is 2.20. The molecule has 0 aromatic heterocycles. The molecule has 0 fully saturated rings. The summed E-state index contributed by atoms with van der Waals surface area (Å²) in [4.78, 5) is 12.3. The average molecular weight is 253 g/mol. The zero-order chi connectivity index (χ0) is 13.1. The third-order valence-corrected chi connectivity index (χ3v) is 2.78. The van der Waals surface area contributed by atoms with Crippen LogP contribution in [0.1, 0.15) is 23.7 Å². The van der Waals surface area contributed by atoms with Gasteiger partial charge in [0.25, 0.3) is 0 Å². The summed E-state index contributed by atoms with van der Waals surface area (Å²) in [5, 5.41) is 10.5. The molecule has 1 rings (SSSR count). The van der Waals surface area contributed by atoms with E-state index in [2.05, 4.69) is 0 Å². The highest BCUT2D eigenvalue weighted by Gasteiger charge is 2.39. The zero-order valence-electron chi connectivity index (χ0n) is 11.6. The molecule has 0 saturated carbocycles. The molecule has 0 bridgehead atoms. The Morgan fingerprint density at radius 3 is 2.11 bits per heavy atom. The third kappa shape index (κ3) is 4.22. The van der Waals surface area contributed by atoms with Crippen LogP contribution in [0.15, 0.2) is 30.3 Å². The van der Waals surface area contributed by atoms with Crippen LogP contribution in [-0.2, 0) is 0 Å². The number of nitrogens with zero attached hydrogens (tertiary/aromatic N) is 1. The van der Waals surface area contributed by atoms with Crippen LogP contribution in [-0.4, -0.2) is 54.1 Å². The fraction of sp³-hybridized carbons (Fsp3) is 0.500. The van der Waals surface area contributed by atoms with E-state index in [0.29, 0.717) is 23.0 Å². The lowest BCUT2D eigenvalue weighted by atomic mass is 9.89. The molecule has 0 saturated heterocycles. The van der Waals surface area contributed by atoms with Crippen LogP contribution in [0.2, 0.25) is 0 Å². The van der Waals surface area contributed by atoms with Gasteiger partial charge in [-0.3, -0.25) is 4.79 Å². The molecule has 0 spiro atoms. The molecule has 0 aliphatic heterocycles. The zero-order valence-corrected chi connectivity index (χ0v) is 11.6. The number of likely N-dealkylation sites (N-methyl/N-ethyl adjacent to an activating group) is 1. The number of hydrogen-bond donors (Lipinski definition) is 1. The molecule has 1 unspecified atom stereocenters. The molecule has 4 nitrogen and oxygen atoms in total. The molecule has 18 heavy (non-hydrogen) atoms. The van der Waals surface area contributed by atoms with Gasteiger partial charge in [-0.25, -0.2) is 0 Å². The van der Waals surface area contributed by atoms with Gasteiger partial charge in [0.05, 0.1) is 21.1 Å². The predicted molar refractivity (Wildman–Crippen MR) is 70.8 cm³/mol. The van der Waals surface area contributed by atoms with Crippen molar-refractivity contribution in [3.05, 3.63) is 35.9 Å². The Labute approximate surface area is 109 Å². The SMILES string of the molecule is CCC(O)(C[N+](C)(C)C)C(=O)c1ccccc1.[OH-]. The Balaban J connectivity index is 0.00000289. The van der Waals surface area contributed by atoms with E-state index < -0.39 is 5.60 Å². The monoisotopic (exact) mass is 253 g/mol. The van der Waals surface area contributed by atoms with Gasteiger partial charge < -0.3 is 15.1 Å². The first kappa shape index (κ1) is 16.8. The number of Topliss-reactive ketones (excluding diaryl/α,β-unsaturated/α-hetero) is 1. The summed E-state index contributed by atoms with van der Waals surface area (Å²) in [5.74, 6) is -0.186. The normalized spacial score (nSPS) is 14.5. The molecular weight excluding hydrogens is 230 g/mol. The smallest absolute Gasteiger partial charge is 0.200 e. The average Bonchev–Trinajstić information content (AvgIpc) is 2.27. The Morgan fingerprint density at radius 1 is 1.22 bits per heavy atom. The lowest BCUT2D eigenvalue weighted by Crippen LogP contribution is -2.53. The van der Waals surface area contributed by atoms with Crippen molar-refractivity contribution in [2.24, 2.45) is 0 Å². The van der Waals surface area contributed by atoms with Crippen molar-refractivity contribution in [3.8, 4) is 0 Å². The Kier molecular flexibility index (Phi) is 5.67. The van der Waals surface area contributed by atoms with Crippen LogP contribution in [0.4, 0.5) is 0 Å². The maximum absolute atomic E-state index is 12.3. The second-order valence-corrected chi connectivity index (χ2v) is 5.53. The van der Waals surface area contributed by atoms with Crippen molar-refractivity contribution in [2.75, 3.05) is 27.7 Å². The summed E-state index contributed by atoms with van der Waals surface area (Å²) in [5.41, 5.74) is -0.704. The molecular formula is C14H23NO3. The number of rotatable bonds is 5. The van der Waals surface area contributed by atoms with Gasteiger partial charge in [-0.05, 0) is 6.42 Å². The maximum atomic E-state index is 12.3. The maximum Gasteiger partial charge on any atom is 0.200 e. The van der Waals surface area contributed by atoms with Crippen LogP contribution in [0.25, 0.3) is 0 Å². The molecule has 2 N–H and O–H groups in total. The van der Waals surface area contributed by atoms with Crippen molar-refractivity contribution in [1.82, 2.24) is 0 Å². The fourth-order valence-electron chi connectivity index (χ4n) is 1.99. The van der Waals surface area contributed by atoms with Crippen LogP contribution < -0.4 is 0 Å². The number of aliphatic hydroxyl groups is 1. The summed E-state index contributed by atoms with van der Waals surface area (Å²) in [7, 11) is 5.91. The van der Waals surface area contributed by atoms with E-state index in [1.165, 1.54) is 0 Å². The third-order valence-electron chi connectivity index (χ3n) is 2.78. The van der Waals surface area contributed by atoms with Gasteiger partial charge in [-0.1, -0.05) is 37.3 Å². The first-order chi connectivity index (χ1) is 7.78. The number of hydrogen-bond acceptors (Lipinski definition) is 3. The standard InChI is InChI=1S/C14H22NO2.H2O/c1-5-14(17,11-15(2,3)4)13(16)12-9-7-6-8-10-12;/h6-10,17H,5,11H2,1-4H3;1H2/q+1;/p-1. The Bertz CT molecular complexity index is 384. The minimum absolute atomic E-state index is 0. The van der Waals surface area contributed by atoms with Gasteiger partial charge in [-0.15, -0.1) is 0 Å². The van der Waals surface area contributed by atoms with E-state index in [4.69, 9.17) is 0 Å². The largest absolute Gasteiger partial charge is 0.870 e. The lowest BCUT2D eigenvalue weighted by molar-refractivity contribution is -0.875. The summed E-state index contributed by atoms with van der Waals surface area (Å²) >= 11 is 0. The topological polar surface area (TPSA) is 67.3 Å². The van der Waals surface area contributed by atoms with E-state index in [1.54, 1.807) is 12.1 Å². The van der Waals surface area contributed by atoms with Gasteiger partial charge in [0, 0.05) is 5.56 Å². The number of ketones is 1. The van der Waals surface area contributed by atoms with Crippen molar-refractivity contribution < 1.29 is 19.9 Å². The first-order valence-corrected chi connectivity index (χ1v) is 5.91. The quantitative estimate of drug-likeness (QED) is 0.639. The van der Waals surface area contributed by atoms with E-state index in [9.17, 15) is 9.90 Å². The summed E-state index contributed by atoms with van der Waals surface area (Å²) in [6.07, 6.45) is 0.427. The molecule has 1 atom stereocenters. The van der Waals surface area contributed by atoms with Crippen LogP contribution in [0.3, 0.4) is 0 Å². The number of quaternary nitrogens is 1. The second kappa shape index (κ2) is 6.09.